The van der Waals surface area contributed by atoms with Crippen molar-refractivity contribution in [2.24, 2.45) is 10.2 Å². The van der Waals surface area contributed by atoms with Gasteiger partial charge in [-0.05, 0) is 64.8 Å². The highest BCUT2D eigenvalue weighted by atomic mass is 32.2. The highest BCUT2D eigenvalue weighted by Crippen LogP contribution is 2.34. The van der Waals surface area contributed by atoms with Crippen LogP contribution in [-0.4, -0.2) is 56.1 Å². The van der Waals surface area contributed by atoms with Crippen LogP contribution in [-0.2, 0) is 22.4 Å². The molecule has 0 fully saturated rings. The second-order valence-electron chi connectivity index (χ2n) is 10.6. The molecule has 43 heavy (non-hydrogen) atoms. The summed E-state index contributed by atoms with van der Waals surface area (Å²) in [5, 5.41) is 16.1. The van der Waals surface area contributed by atoms with Crippen LogP contribution in [0.3, 0.4) is 0 Å². The van der Waals surface area contributed by atoms with E-state index >= 15 is 0 Å². The monoisotopic (exact) mass is 638 g/mol. The molecule has 2 aliphatic rings. The third kappa shape index (κ3) is 7.76. The zero-order valence-electron chi connectivity index (χ0n) is 24.8. The number of hydrogen-bond acceptors (Lipinski definition) is 11. The van der Waals surface area contributed by atoms with Gasteiger partial charge in [-0.3, -0.25) is 9.59 Å². The second kappa shape index (κ2) is 13.5. The van der Waals surface area contributed by atoms with Crippen LogP contribution in [0, 0.1) is 0 Å². The molecule has 3 aromatic rings. The molecule has 5 rings (SSSR count). The first-order valence-corrected chi connectivity index (χ1v) is 16.6. The number of nitrogens with one attached hydrogen (secondary N) is 2. The van der Waals surface area contributed by atoms with Crippen LogP contribution in [0.4, 0.5) is 0 Å². The fraction of sp³-hybridized carbons (Fsp3) is 0.400. The number of aromatic nitrogens is 2. The Kier molecular flexibility index (Phi) is 9.72. The number of thioether (sulfide) groups is 2. The van der Waals surface area contributed by atoms with Crippen molar-refractivity contribution >= 4 is 58.1 Å². The first-order valence-electron chi connectivity index (χ1n) is 14.0. The van der Waals surface area contributed by atoms with E-state index in [1.807, 2.05) is 64.1 Å². The van der Waals surface area contributed by atoms with Gasteiger partial charge in [-0.25, -0.2) is 10.9 Å². The molecular weight excluding hydrogens is 605 g/mol. The lowest BCUT2D eigenvalue weighted by Gasteiger charge is -2.09. The minimum Gasteiger partial charge on any atom is -0.490 e. The Morgan fingerprint density at radius 1 is 0.814 bits per heavy atom. The van der Waals surface area contributed by atoms with Crippen molar-refractivity contribution in [2.75, 3.05) is 0 Å². The van der Waals surface area contributed by atoms with Crippen LogP contribution >= 0.6 is 34.9 Å². The Labute approximate surface area is 263 Å². The molecule has 2 aliphatic heterocycles. The summed E-state index contributed by atoms with van der Waals surface area (Å²) in [5.41, 5.74) is 10.8. The first kappa shape index (κ1) is 31.0. The van der Waals surface area contributed by atoms with Crippen molar-refractivity contribution in [2.45, 2.75) is 85.8 Å². The number of ether oxygens (including phenoxy) is 2. The van der Waals surface area contributed by atoms with E-state index in [0.29, 0.717) is 20.1 Å². The van der Waals surface area contributed by atoms with Gasteiger partial charge in [-0.2, -0.15) is 10.2 Å². The first-order chi connectivity index (χ1) is 20.5. The van der Waals surface area contributed by atoms with Crippen LogP contribution in [0.15, 0.2) is 55.3 Å². The zero-order chi connectivity index (χ0) is 30.7. The molecule has 4 atom stereocenters. The molecular formula is C30H34N6O4S3. The van der Waals surface area contributed by atoms with Gasteiger partial charge in [0.2, 0.25) is 0 Å². The van der Waals surface area contributed by atoms with Crippen molar-refractivity contribution in [1.29, 1.82) is 0 Å². The summed E-state index contributed by atoms with van der Waals surface area (Å²) in [6.07, 6.45) is 2.14. The van der Waals surface area contributed by atoms with E-state index in [4.69, 9.17) is 9.47 Å². The number of rotatable bonds is 10. The lowest BCUT2D eigenvalue weighted by Crippen LogP contribution is -2.27. The molecule has 2 N–H and O–H groups in total. The Hall–Kier alpha value is -3.42. The number of hydrazone groups is 2. The molecule has 1 aromatic heterocycles. The standard InChI is InChI=1S/C30H34N6O4S3/c1-15-11-23-9-7-21(13-25(23)39-15)17(3)31-33-27(37)19(5)41-29-35-36-30(43-29)42-20(6)28(38)34-32-18(4)22-8-10-24-12-16(2)40-26(24)14-22/h7-10,13-16,19-20H,11-12H2,1-6H3,(H,33,37)(H,34,38)/b31-17-,32-18-/t15-,16+,19+,20-. The highest BCUT2D eigenvalue weighted by Gasteiger charge is 2.22. The summed E-state index contributed by atoms with van der Waals surface area (Å²) in [7, 11) is 0. The minimum atomic E-state index is -0.447. The van der Waals surface area contributed by atoms with Gasteiger partial charge in [0, 0.05) is 24.0 Å². The molecule has 0 unspecified atom stereocenters. The Bertz CT molecular complexity index is 1480. The van der Waals surface area contributed by atoms with Crippen molar-refractivity contribution < 1.29 is 19.1 Å². The molecule has 0 radical (unpaired) electrons. The quantitative estimate of drug-likeness (QED) is 0.176. The van der Waals surface area contributed by atoms with E-state index in [9.17, 15) is 9.59 Å². The molecule has 2 amide bonds. The Morgan fingerprint density at radius 2 is 1.23 bits per heavy atom. The molecule has 3 heterocycles. The zero-order valence-corrected chi connectivity index (χ0v) is 27.3. The van der Waals surface area contributed by atoms with Gasteiger partial charge in [0.05, 0.1) is 21.9 Å². The lowest BCUT2D eigenvalue weighted by molar-refractivity contribution is -0.121. The van der Waals surface area contributed by atoms with Gasteiger partial charge < -0.3 is 9.47 Å². The van der Waals surface area contributed by atoms with Crippen LogP contribution in [0.5, 0.6) is 11.5 Å². The molecule has 10 nitrogen and oxygen atoms in total. The topological polar surface area (TPSA) is 127 Å². The van der Waals surface area contributed by atoms with Crippen molar-refractivity contribution in [1.82, 2.24) is 21.0 Å². The van der Waals surface area contributed by atoms with Crippen molar-refractivity contribution in [3.63, 3.8) is 0 Å². The number of amides is 2. The Morgan fingerprint density at radius 3 is 1.65 bits per heavy atom. The van der Waals surface area contributed by atoms with E-state index in [2.05, 4.69) is 31.3 Å². The number of carbonyl (C=O) groups is 2. The number of hydrogen-bond donors (Lipinski definition) is 2. The molecule has 0 saturated heterocycles. The minimum absolute atomic E-state index is 0.170. The van der Waals surface area contributed by atoms with Crippen molar-refractivity contribution in [3.8, 4) is 11.5 Å². The van der Waals surface area contributed by atoms with Gasteiger partial charge in [0.1, 0.15) is 23.7 Å². The summed E-state index contributed by atoms with van der Waals surface area (Å²) in [4.78, 5) is 25.4. The molecule has 0 bridgehead atoms. The van der Waals surface area contributed by atoms with E-state index in [0.717, 1.165) is 35.5 Å². The lowest BCUT2D eigenvalue weighted by atomic mass is 10.1. The third-order valence-electron chi connectivity index (χ3n) is 6.99. The molecule has 226 valence electrons. The molecule has 0 aliphatic carbocycles. The van der Waals surface area contributed by atoms with Crippen molar-refractivity contribution in [3.05, 3.63) is 58.7 Å². The van der Waals surface area contributed by atoms with Gasteiger partial charge in [0.15, 0.2) is 8.68 Å². The fourth-order valence-electron chi connectivity index (χ4n) is 4.54. The predicted octanol–water partition coefficient (Wildman–Crippen LogP) is 5.23. The normalized spacial score (nSPS) is 19.1. The van der Waals surface area contributed by atoms with E-state index in [1.165, 1.54) is 46.0 Å². The molecule has 13 heteroatoms. The van der Waals surface area contributed by atoms with Crippen LogP contribution in [0.2, 0.25) is 0 Å². The predicted molar refractivity (Wildman–Crippen MR) is 172 cm³/mol. The Balaban J connectivity index is 1.09. The van der Waals surface area contributed by atoms with E-state index in [-0.39, 0.29) is 24.0 Å². The maximum Gasteiger partial charge on any atom is 0.253 e. The van der Waals surface area contributed by atoms with Crippen LogP contribution < -0.4 is 20.3 Å². The van der Waals surface area contributed by atoms with E-state index in [1.54, 1.807) is 13.8 Å². The maximum absolute atomic E-state index is 12.7. The van der Waals surface area contributed by atoms with E-state index < -0.39 is 10.5 Å². The van der Waals surface area contributed by atoms with Crippen LogP contribution in [0.25, 0.3) is 0 Å². The summed E-state index contributed by atoms with van der Waals surface area (Å²) >= 11 is 3.91. The average molecular weight is 639 g/mol. The molecule has 2 aromatic carbocycles. The van der Waals surface area contributed by atoms with Gasteiger partial charge in [0.25, 0.3) is 11.8 Å². The van der Waals surface area contributed by atoms with Gasteiger partial charge in [-0.1, -0.05) is 59.1 Å². The second-order valence-corrected chi connectivity index (χ2v) is 14.8. The smallest absolute Gasteiger partial charge is 0.253 e. The molecule has 0 spiro atoms. The van der Waals surface area contributed by atoms with Gasteiger partial charge in [-0.15, -0.1) is 10.2 Å². The number of carbonyl (C=O) groups excluding carboxylic acids is 2. The maximum atomic E-state index is 12.7. The largest absolute Gasteiger partial charge is 0.490 e. The average Bonchev–Trinajstić information content (AvgIpc) is 3.69. The highest BCUT2D eigenvalue weighted by molar-refractivity contribution is 8.04. The fourth-order valence-corrected chi connectivity index (χ4v) is 7.84. The summed E-state index contributed by atoms with van der Waals surface area (Å²) in [5.74, 6) is 1.25. The third-order valence-corrected chi connectivity index (χ3v) is 10.3. The van der Waals surface area contributed by atoms with Gasteiger partial charge >= 0.3 is 0 Å². The molecule has 0 saturated carbocycles. The number of benzene rings is 2. The summed E-state index contributed by atoms with van der Waals surface area (Å²) in [6, 6.07) is 12.0. The number of fused-ring (bicyclic) bond motifs is 2. The SMILES string of the molecule is C/C(=N/NC(=O)[C@H](C)Sc1nnc(S[C@H](C)C(=O)N/N=C(/C)c2ccc3c(c2)O[C@@H](C)C3)s1)c1ccc2c(c1)O[C@H](C)C2. The summed E-state index contributed by atoms with van der Waals surface area (Å²) in [6.45, 7) is 11.3. The summed E-state index contributed by atoms with van der Waals surface area (Å²) < 4.78 is 12.9. The number of nitrogens with zero attached hydrogens (tertiary/aromatic N) is 4. The van der Waals surface area contributed by atoms with Crippen LogP contribution in [0.1, 0.15) is 63.8 Å².